The molecule has 0 spiro atoms. The van der Waals surface area contributed by atoms with E-state index < -0.39 is 0 Å². The Hall–Kier alpha value is -1.84. The first-order chi connectivity index (χ1) is 8.85. The molecule has 0 radical (unpaired) electrons. The van der Waals surface area contributed by atoms with E-state index in [9.17, 15) is 4.79 Å². The molecule has 1 aromatic rings. The summed E-state index contributed by atoms with van der Waals surface area (Å²) < 4.78 is 0. The van der Waals surface area contributed by atoms with Crippen molar-refractivity contribution in [2.24, 2.45) is 5.10 Å². The van der Waals surface area contributed by atoms with Crippen LogP contribution in [-0.2, 0) is 0 Å². The third kappa shape index (κ3) is 3.56. The zero-order valence-electron chi connectivity index (χ0n) is 12.0. The van der Waals surface area contributed by atoms with E-state index in [0.717, 1.165) is 24.4 Å². The number of rotatable bonds is 2. The lowest BCUT2D eigenvalue weighted by Crippen LogP contribution is -2.40. The number of amides is 1. The van der Waals surface area contributed by atoms with E-state index in [4.69, 9.17) is 0 Å². The molecule has 0 unspecified atom stereocenters. The average molecular weight is 259 g/mol. The molecule has 0 bridgehead atoms. The van der Waals surface area contributed by atoms with Crippen molar-refractivity contribution in [1.82, 2.24) is 5.32 Å². The Balaban J connectivity index is 2.08. The highest BCUT2D eigenvalue weighted by molar-refractivity contribution is 5.95. The highest BCUT2D eigenvalue weighted by Gasteiger charge is 2.16. The Morgan fingerprint density at radius 2 is 1.89 bits per heavy atom. The fourth-order valence-corrected chi connectivity index (χ4v) is 1.96. The van der Waals surface area contributed by atoms with Crippen molar-refractivity contribution in [2.45, 2.75) is 39.7 Å². The van der Waals surface area contributed by atoms with Crippen LogP contribution >= 0.6 is 0 Å². The summed E-state index contributed by atoms with van der Waals surface area (Å²) >= 11 is 0. The van der Waals surface area contributed by atoms with Gasteiger partial charge in [-0.15, -0.1) is 0 Å². The Labute approximate surface area is 114 Å². The van der Waals surface area contributed by atoms with Crippen LogP contribution in [-0.4, -0.2) is 23.7 Å². The maximum Gasteiger partial charge on any atom is 0.251 e. The second kappa shape index (κ2) is 5.03. The molecule has 1 aliphatic rings. The standard InChI is InChI=1S/C15H21N3O/c1-11-9-10-18(17-11)13-7-5-12(6-8-13)14(19)16-15(2,3)4/h5-8H,9-10H2,1-4H3,(H,16,19). The highest BCUT2D eigenvalue weighted by atomic mass is 16.1. The van der Waals surface area contributed by atoms with Gasteiger partial charge in [-0.3, -0.25) is 9.80 Å². The molecule has 1 heterocycles. The van der Waals surface area contributed by atoms with Crippen molar-refractivity contribution >= 4 is 17.3 Å². The minimum atomic E-state index is -0.216. The number of hydrogen-bond donors (Lipinski definition) is 1. The summed E-state index contributed by atoms with van der Waals surface area (Å²) in [6, 6.07) is 7.58. The number of carbonyl (C=O) groups is 1. The van der Waals surface area contributed by atoms with Crippen molar-refractivity contribution in [3.63, 3.8) is 0 Å². The van der Waals surface area contributed by atoms with Crippen molar-refractivity contribution in [3.8, 4) is 0 Å². The lowest BCUT2D eigenvalue weighted by Gasteiger charge is -2.20. The largest absolute Gasteiger partial charge is 0.347 e. The molecule has 102 valence electrons. The van der Waals surface area contributed by atoms with Gasteiger partial charge in [-0.2, -0.15) is 5.10 Å². The third-order valence-corrected chi connectivity index (χ3v) is 2.89. The van der Waals surface area contributed by atoms with Gasteiger partial charge in [0.1, 0.15) is 0 Å². The second-order valence-electron chi connectivity index (χ2n) is 5.96. The molecule has 0 aliphatic carbocycles. The van der Waals surface area contributed by atoms with Gasteiger partial charge >= 0.3 is 0 Å². The summed E-state index contributed by atoms with van der Waals surface area (Å²) in [6.45, 7) is 8.87. The van der Waals surface area contributed by atoms with Crippen LogP contribution in [0.15, 0.2) is 29.4 Å². The molecule has 1 N–H and O–H groups in total. The Kier molecular flexibility index (Phi) is 3.60. The van der Waals surface area contributed by atoms with Crippen LogP contribution in [0.5, 0.6) is 0 Å². The van der Waals surface area contributed by atoms with Gasteiger partial charge in [0.15, 0.2) is 0 Å². The van der Waals surface area contributed by atoms with E-state index in [2.05, 4.69) is 10.4 Å². The van der Waals surface area contributed by atoms with Crippen molar-refractivity contribution in [2.75, 3.05) is 11.6 Å². The summed E-state index contributed by atoms with van der Waals surface area (Å²) in [5.41, 5.74) is 2.64. The fraction of sp³-hybridized carbons (Fsp3) is 0.467. The van der Waals surface area contributed by atoms with Crippen LogP contribution in [0, 0.1) is 0 Å². The van der Waals surface area contributed by atoms with Gasteiger partial charge in [-0.05, 0) is 52.0 Å². The molecule has 1 aliphatic heterocycles. The Morgan fingerprint density at radius 1 is 1.26 bits per heavy atom. The molecular weight excluding hydrogens is 238 g/mol. The number of hydrogen-bond acceptors (Lipinski definition) is 3. The number of anilines is 1. The van der Waals surface area contributed by atoms with Crippen LogP contribution < -0.4 is 10.3 Å². The molecule has 19 heavy (non-hydrogen) atoms. The predicted octanol–water partition coefficient (Wildman–Crippen LogP) is 2.80. The summed E-state index contributed by atoms with van der Waals surface area (Å²) in [4.78, 5) is 12.0. The maximum absolute atomic E-state index is 12.0. The highest BCUT2D eigenvalue weighted by Crippen LogP contribution is 2.20. The van der Waals surface area contributed by atoms with Gasteiger partial charge < -0.3 is 5.32 Å². The first-order valence-electron chi connectivity index (χ1n) is 6.59. The molecular formula is C15H21N3O. The molecule has 0 fully saturated rings. The molecule has 4 heteroatoms. The summed E-state index contributed by atoms with van der Waals surface area (Å²) in [7, 11) is 0. The molecule has 1 amide bonds. The van der Waals surface area contributed by atoms with E-state index in [-0.39, 0.29) is 11.4 Å². The lowest BCUT2D eigenvalue weighted by atomic mass is 10.1. The first kappa shape index (κ1) is 13.6. The molecule has 4 nitrogen and oxygen atoms in total. The number of nitrogens with zero attached hydrogens (tertiary/aromatic N) is 2. The average Bonchev–Trinajstić information content (AvgIpc) is 2.74. The van der Waals surface area contributed by atoms with Crippen LogP contribution in [0.1, 0.15) is 44.5 Å². The normalized spacial score (nSPS) is 15.4. The van der Waals surface area contributed by atoms with Crippen molar-refractivity contribution < 1.29 is 4.79 Å². The molecule has 0 atom stereocenters. The quantitative estimate of drug-likeness (QED) is 0.887. The second-order valence-corrected chi connectivity index (χ2v) is 5.96. The van der Waals surface area contributed by atoms with E-state index in [1.807, 2.05) is 57.0 Å². The monoisotopic (exact) mass is 259 g/mol. The minimum absolute atomic E-state index is 0.0415. The van der Waals surface area contributed by atoms with E-state index in [1.165, 1.54) is 0 Å². The number of carbonyl (C=O) groups excluding carboxylic acids is 1. The first-order valence-corrected chi connectivity index (χ1v) is 6.59. The van der Waals surface area contributed by atoms with Crippen LogP contribution in [0.2, 0.25) is 0 Å². The van der Waals surface area contributed by atoms with Gasteiger partial charge in [-0.25, -0.2) is 0 Å². The SMILES string of the molecule is CC1=NN(c2ccc(C(=O)NC(C)(C)C)cc2)CC1. The summed E-state index contributed by atoms with van der Waals surface area (Å²) in [5.74, 6) is -0.0415. The van der Waals surface area contributed by atoms with E-state index in [1.54, 1.807) is 0 Å². The fourth-order valence-electron chi connectivity index (χ4n) is 1.96. The molecule has 0 aromatic heterocycles. The van der Waals surface area contributed by atoms with Gasteiger partial charge in [0.2, 0.25) is 0 Å². The van der Waals surface area contributed by atoms with Crippen molar-refractivity contribution in [1.29, 1.82) is 0 Å². The van der Waals surface area contributed by atoms with Crippen LogP contribution in [0.4, 0.5) is 5.69 Å². The molecule has 1 aromatic carbocycles. The lowest BCUT2D eigenvalue weighted by molar-refractivity contribution is 0.0919. The third-order valence-electron chi connectivity index (χ3n) is 2.89. The zero-order valence-corrected chi connectivity index (χ0v) is 12.0. The van der Waals surface area contributed by atoms with E-state index >= 15 is 0 Å². The molecule has 2 rings (SSSR count). The van der Waals surface area contributed by atoms with Crippen LogP contribution in [0.25, 0.3) is 0 Å². The van der Waals surface area contributed by atoms with Gasteiger partial charge in [-0.1, -0.05) is 0 Å². The van der Waals surface area contributed by atoms with Crippen molar-refractivity contribution in [3.05, 3.63) is 29.8 Å². The number of hydrazone groups is 1. The smallest absolute Gasteiger partial charge is 0.251 e. The number of benzene rings is 1. The summed E-state index contributed by atoms with van der Waals surface area (Å²) in [6.07, 6.45) is 1.01. The predicted molar refractivity (Wildman–Crippen MR) is 78.7 cm³/mol. The summed E-state index contributed by atoms with van der Waals surface area (Å²) in [5, 5.41) is 9.37. The topological polar surface area (TPSA) is 44.7 Å². The van der Waals surface area contributed by atoms with Gasteiger partial charge in [0.05, 0.1) is 5.69 Å². The Morgan fingerprint density at radius 3 is 2.37 bits per heavy atom. The Bertz CT molecular complexity index is 497. The van der Waals surface area contributed by atoms with E-state index in [0.29, 0.717) is 5.56 Å². The molecule has 0 saturated carbocycles. The minimum Gasteiger partial charge on any atom is -0.347 e. The maximum atomic E-state index is 12.0. The zero-order chi connectivity index (χ0) is 14.0. The molecule has 0 saturated heterocycles. The van der Waals surface area contributed by atoms with Gasteiger partial charge in [0.25, 0.3) is 5.91 Å². The number of nitrogens with one attached hydrogen (secondary N) is 1. The van der Waals surface area contributed by atoms with Gasteiger partial charge in [0, 0.05) is 29.8 Å². The van der Waals surface area contributed by atoms with Crippen LogP contribution in [0.3, 0.4) is 0 Å².